The summed E-state index contributed by atoms with van der Waals surface area (Å²) >= 11 is 1.78. The molecule has 0 unspecified atom stereocenters. The van der Waals surface area contributed by atoms with Crippen molar-refractivity contribution < 1.29 is 4.74 Å². The van der Waals surface area contributed by atoms with E-state index in [2.05, 4.69) is 55.2 Å². The number of hydrogen-bond acceptors (Lipinski definition) is 4. The summed E-state index contributed by atoms with van der Waals surface area (Å²) in [6, 6.07) is 0. The van der Waals surface area contributed by atoms with Crippen LogP contribution in [0.5, 0.6) is 0 Å². The normalized spacial score (nSPS) is 11.5. The highest BCUT2D eigenvalue weighted by Crippen LogP contribution is 2.16. The van der Waals surface area contributed by atoms with Crippen LogP contribution in [0.3, 0.4) is 0 Å². The molecule has 0 aromatic carbocycles. The Bertz CT molecular complexity index is 443. The van der Waals surface area contributed by atoms with Crippen LogP contribution in [-0.2, 0) is 11.2 Å². The molecular weight excluding hydrogens is 423 g/mol. The van der Waals surface area contributed by atoms with Crippen molar-refractivity contribution >= 4 is 41.3 Å². The van der Waals surface area contributed by atoms with Crippen molar-refractivity contribution in [3.63, 3.8) is 0 Å². The zero-order valence-electron chi connectivity index (χ0n) is 14.9. The van der Waals surface area contributed by atoms with E-state index in [9.17, 15) is 0 Å². The molecule has 0 saturated heterocycles. The molecule has 0 aliphatic rings. The highest BCUT2D eigenvalue weighted by atomic mass is 127. The first-order chi connectivity index (χ1) is 10.5. The van der Waals surface area contributed by atoms with Crippen LogP contribution in [-0.4, -0.2) is 43.3 Å². The largest absolute Gasteiger partial charge is 0.379 e. The second-order valence-electron chi connectivity index (χ2n) is 5.46. The molecule has 5 nitrogen and oxygen atoms in total. The minimum atomic E-state index is 0. The topological polar surface area (TPSA) is 58.5 Å². The van der Waals surface area contributed by atoms with Gasteiger partial charge in [-0.25, -0.2) is 4.98 Å². The molecule has 0 amide bonds. The molecule has 1 aromatic rings. The fourth-order valence-electron chi connectivity index (χ4n) is 1.85. The molecule has 134 valence electrons. The molecule has 1 aromatic heterocycles. The summed E-state index contributed by atoms with van der Waals surface area (Å²) in [5, 5.41) is 7.81. The fraction of sp³-hybridized carbons (Fsp3) is 0.750. The smallest absolute Gasteiger partial charge is 0.191 e. The van der Waals surface area contributed by atoms with Gasteiger partial charge in [0.15, 0.2) is 5.96 Å². The average Bonchev–Trinajstić information content (AvgIpc) is 2.77. The molecule has 0 radical (unpaired) electrons. The summed E-state index contributed by atoms with van der Waals surface area (Å²) in [7, 11) is 0. The van der Waals surface area contributed by atoms with Gasteiger partial charge in [0.1, 0.15) is 0 Å². The quantitative estimate of drug-likeness (QED) is 0.260. The summed E-state index contributed by atoms with van der Waals surface area (Å²) < 4.78 is 5.52. The summed E-state index contributed by atoms with van der Waals surface area (Å²) in [6.45, 7) is 13.6. The highest BCUT2D eigenvalue weighted by Gasteiger charge is 2.04. The SMILES string of the molecule is CCNC(=NCCCOC(C)C)NCCc1nc(C)c(C)s1.I. The van der Waals surface area contributed by atoms with Gasteiger partial charge in [0.2, 0.25) is 0 Å². The number of guanidine groups is 1. The van der Waals surface area contributed by atoms with Crippen LogP contribution in [0.4, 0.5) is 0 Å². The molecule has 0 aliphatic heterocycles. The van der Waals surface area contributed by atoms with Gasteiger partial charge in [-0.1, -0.05) is 0 Å². The standard InChI is InChI=1S/C16H30N4OS.HI/c1-6-17-16(18-9-7-11-21-12(2)3)19-10-8-15-20-13(4)14(5)22-15;/h12H,6-11H2,1-5H3,(H2,17,18,19);1H. The Morgan fingerprint density at radius 2 is 2.04 bits per heavy atom. The van der Waals surface area contributed by atoms with Crippen molar-refractivity contribution in [3.05, 3.63) is 15.6 Å². The zero-order valence-corrected chi connectivity index (χ0v) is 18.1. The Morgan fingerprint density at radius 1 is 1.30 bits per heavy atom. The molecular formula is C16H31IN4OS. The lowest BCUT2D eigenvalue weighted by Crippen LogP contribution is -2.38. The van der Waals surface area contributed by atoms with E-state index in [-0.39, 0.29) is 24.0 Å². The number of halogens is 1. The number of nitrogens with zero attached hydrogens (tertiary/aromatic N) is 2. The second kappa shape index (κ2) is 12.9. The maximum Gasteiger partial charge on any atom is 0.191 e. The van der Waals surface area contributed by atoms with Gasteiger partial charge < -0.3 is 15.4 Å². The Hall–Kier alpha value is -0.410. The number of ether oxygens (including phenoxy) is 1. The van der Waals surface area contributed by atoms with Crippen LogP contribution < -0.4 is 10.6 Å². The maximum absolute atomic E-state index is 5.52. The second-order valence-corrected chi connectivity index (χ2v) is 6.75. The van der Waals surface area contributed by atoms with Crippen LogP contribution in [0.15, 0.2) is 4.99 Å². The van der Waals surface area contributed by atoms with Crippen molar-refractivity contribution in [1.29, 1.82) is 0 Å². The van der Waals surface area contributed by atoms with Crippen LogP contribution in [0, 0.1) is 13.8 Å². The van der Waals surface area contributed by atoms with Gasteiger partial charge in [-0.15, -0.1) is 35.3 Å². The van der Waals surface area contributed by atoms with Crippen molar-refractivity contribution in [3.8, 4) is 0 Å². The molecule has 0 spiro atoms. The predicted molar refractivity (Wildman–Crippen MR) is 110 cm³/mol. The number of aryl methyl sites for hydroxylation is 2. The Labute approximate surface area is 161 Å². The number of rotatable bonds is 9. The van der Waals surface area contributed by atoms with Crippen molar-refractivity contribution in [2.45, 2.75) is 53.6 Å². The van der Waals surface area contributed by atoms with E-state index in [0.29, 0.717) is 6.10 Å². The molecule has 1 rings (SSSR count). The summed E-state index contributed by atoms with van der Waals surface area (Å²) in [5.74, 6) is 0.872. The van der Waals surface area contributed by atoms with Gasteiger partial charge in [0, 0.05) is 37.5 Å². The first-order valence-electron chi connectivity index (χ1n) is 8.09. The third kappa shape index (κ3) is 10.1. The van der Waals surface area contributed by atoms with E-state index in [1.807, 2.05) is 0 Å². The number of hydrogen-bond donors (Lipinski definition) is 2. The van der Waals surface area contributed by atoms with Crippen molar-refractivity contribution in [2.24, 2.45) is 4.99 Å². The first-order valence-corrected chi connectivity index (χ1v) is 8.91. The third-order valence-corrected chi connectivity index (χ3v) is 4.20. The third-order valence-electron chi connectivity index (χ3n) is 3.07. The lowest BCUT2D eigenvalue weighted by molar-refractivity contribution is 0.0782. The van der Waals surface area contributed by atoms with E-state index in [4.69, 9.17) is 4.74 Å². The van der Waals surface area contributed by atoms with Gasteiger partial charge in [0.25, 0.3) is 0 Å². The molecule has 1 heterocycles. The molecule has 23 heavy (non-hydrogen) atoms. The van der Waals surface area contributed by atoms with Gasteiger partial charge in [-0.2, -0.15) is 0 Å². The lowest BCUT2D eigenvalue weighted by atomic mass is 10.4. The van der Waals surface area contributed by atoms with Crippen LogP contribution in [0.2, 0.25) is 0 Å². The monoisotopic (exact) mass is 454 g/mol. The number of aromatic nitrogens is 1. The molecule has 0 aliphatic carbocycles. The van der Waals surface area contributed by atoms with Gasteiger partial charge >= 0.3 is 0 Å². The van der Waals surface area contributed by atoms with Crippen molar-refractivity contribution in [1.82, 2.24) is 15.6 Å². The molecule has 0 bridgehead atoms. The van der Waals surface area contributed by atoms with E-state index in [0.717, 1.165) is 50.7 Å². The number of nitrogens with one attached hydrogen (secondary N) is 2. The summed E-state index contributed by atoms with van der Waals surface area (Å²) in [5.41, 5.74) is 1.14. The molecule has 0 fully saturated rings. The van der Waals surface area contributed by atoms with Gasteiger partial charge in [-0.3, -0.25) is 4.99 Å². The maximum atomic E-state index is 5.52. The molecule has 2 N–H and O–H groups in total. The molecule has 7 heteroatoms. The van der Waals surface area contributed by atoms with E-state index in [1.54, 1.807) is 11.3 Å². The Kier molecular flexibility index (Phi) is 12.7. The van der Waals surface area contributed by atoms with Gasteiger partial charge in [0.05, 0.1) is 16.8 Å². The lowest BCUT2D eigenvalue weighted by Gasteiger charge is -2.11. The van der Waals surface area contributed by atoms with Gasteiger partial charge in [-0.05, 0) is 41.0 Å². The summed E-state index contributed by atoms with van der Waals surface area (Å²) in [6.07, 6.45) is 2.17. The minimum Gasteiger partial charge on any atom is -0.379 e. The Balaban J connectivity index is 0.00000484. The number of thiazole rings is 1. The zero-order chi connectivity index (χ0) is 16.4. The van der Waals surface area contributed by atoms with Crippen LogP contribution >= 0.6 is 35.3 Å². The van der Waals surface area contributed by atoms with Crippen LogP contribution in [0.1, 0.15) is 42.8 Å². The van der Waals surface area contributed by atoms with E-state index in [1.165, 1.54) is 9.88 Å². The molecule has 0 saturated carbocycles. The fourth-order valence-corrected chi connectivity index (χ4v) is 2.78. The first kappa shape index (κ1) is 22.6. The summed E-state index contributed by atoms with van der Waals surface area (Å²) in [4.78, 5) is 10.4. The highest BCUT2D eigenvalue weighted by molar-refractivity contribution is 14.0. The predicted octanol–water partition coefficient (Wildman–Crippen LogP) is 3.29. The Morgan fingerprint density at radius 3 is 2.61 bits per heavy atom. The van der Waals surface area contributed by atoms with E-state index < -0.39 is 0 Å². The number of aliphatic imine (C=N–C) groups is 1. The molecule has 0 atom stereocenters. The van der Waals surface area contributed by atoms with E-state index >= 15 is 0 Å². The van der Waals surface area contributed by atoms with Crippen LogP contribution in [0.25, 0.3) is 0 Å². The van der Waals surface area contributed by atoms with Crippen molar-refractivity contribution in [2.75, 3.05) is 26.2 Å². The minimum absolute atomic E-state index is 0. The average molecular weight is 454 g/mol.